The molecular formula is C16H24N2O2. The number of nitrogens with one attached hydrogen (secondary N) is 1. The van der Waals surface area contributed by atoms with Crippen molar-refractivity contribution in [2.75, 3.05) is 12.3 Å². The average Bonchev–Trinajstić information content (AvgIpc) is 2.43. The van der Waals surface area contributed by atoms with Crippen LogP contribution >= 0.6 is 0 Å². The molecule has 0 radical (unpaired) electrons. The number of hydrogen-bond donors (Lipinski definition) is 3. The summed E-state index contributed by atoms with van der Waals surface area (Å²) in [4.78, 5) is 12.2. The maximum Gasteiger partial charge on any atom is 0.253 e. The Morgan fingerprint density at radius 3 is 2.75 bits per heavy atom. The zero-order valence-electron chi connectivity index (χ0n) is 12.3. The molecule has 0 aromatic heterocycles. The number of para-hydroxylation sites is 1. The molecule has 0 bridgehead atoms. The summed E-state index contributed by atoms with van der Waals surface area (Å²) < 4.78 is 0. The van der Waals surface area contributed by atoms with Crippen molar-refractivity contribution >= 4 is 11.6 Å². The predicted octanol–water partition coefficient (Wildman–Crippen LogP) is 2.25. The number of aliphatic hydroxyl groups is 1. The van der Waals surface area contributed by atoms with E-state index < -0.39 is 5.60 Å². The number of carbonyl (C=O) groups is 1. The second-order valence-electron chi connectivity index (χ2n) is 6.13. The van der Waals surface area contributed by atoms with Crippen molar-refractivity contribution in [3.05, 3.63) is 29.3 Å². The van der Waals surface area contributed by atoms with E-state index in [9.17, 15) is 9.90 Å². The molecule has 1 aromatic rings. The van der Waals surface area contributed by atoms with Gasteiger partial charge >= 0.3 is 0 Å². The van der Waals surface area contributed by atoms with Crippen LogP contribution in [0.15, 0.2) is 18.2 Å². The maximum absolute atomic E-state index is 12.2. The molecule has 1 aliphatic rings. The maximum atomic E-state index is 12.2. The molecule has 1 amide bonds. The van der Waals surface area contributed by atoms with Crippen molar-refractivity contribution < 1.29 is 9.90 Å². The highest BCUT2D eigenvalue weighted by Gasteiger charge is 2.32. The molecule has 4 heteroatoms. The van der Waals surface area contributed by atoms with Gasteiger partial charge in [0.05, 0.1) is 11.2 Å². The van der Waals surface area contributed by atoms with Crippen LogP contribution in [0.25, 0.3) is 0 Å². The van der Waals surface area contributed by atoms with E-state index in [0.29, 0.717) is 23.7 Å². The normalized spacial score (nSPS) is 26.2. The highest BCUT2D eigenvalue weighted by molar-refractivity contribution is 5.99. The van der Waals surface area contributed by atoms with Crippen molar-refractivity contribution in [2.45, 2.75) is 45.1 Å². The Hall–Kier alpha value is -1.55. The summed E-state index contributed by atoms with van der Waals surface area (Å²) in [7, 11) is 0. The Balaban J connectivity index is 1.97. The molecule has 0 heterocycles. The average molecular weight is 276 g/mol. The van der Waals surface area contributed by atoms with Gasteiger partial charge in [0, 0.05) is 12.2 Å². The zero-order valence-corrected chi connectivity index (χ0v) is 12.3. The van der Waals surface area contributed by atoms with Gasteiger partial charge in [0.25, 0.3) is 5.91 Å². The Bertz CT molecular complexity index is 491. The first kappa shape index (κ1) is 14.9. The summed E-state index contributed by atoms with van der Waals surface area (Å²) in [5.74, 6) is 0.455. The van der Waals surface area contributed by atoms with Crippen LogP contribution in [0.4, 0.5) is 5.69 Å². The third-order valence-corrected chi connectivity index (χ3v) is 4.35. The van der Waals surface area contributed by atoms with Crippen LogP contribution in [0.1, 0.15) is 48.5 Å². The molecule has 20 heavy (non-hydrogen) atoms. The zero-order chi connectivity index (χ0) is 14.8. The Labute approximate surface area is 120 Å². The molecule has 110 valence electrons. The first-order valence-electron chi connectivity index (χ1n) is 7.27. The van der Waals surface area contributed by atoms with Gasteiger partial charge in [-0.2, -0.15) is 0 Å². The van der Waals surface area contributed by atoms with E-state index in [4.69, 9.17) is 5.73 Å². The van der Waals surface area contributed by atoms with E-state index in [1.54, 1.807) is 6.07 Å². The second-order valence-corrected chi connectivity index (χ2v) is 6.13. The van der Waals surface area contributed by atoms with Crippen LogP contribution in [0.3, 0.4) is 0 Å². The Morgan fingerprint density at radius 2 is 2.10 bits per heavy atom. The van der Waals surface area contributed by atoms with Gasteiger partial charge in [-0.05, 0) is 50.2 Å². The standard InChI is InChI=1S/C16H24N2O2/c1-11-6-8-16(20,9-7-11)10-18-15(19)13-5-3-4-12(2)14(13)17/h3-5,11,20H,6-10,17H2,1-2H3,(H,18,19). The predicted molar refractivity (Wildman–Crippen MR) is 80.5 cm³/mol. The van der Waals surface area contributed by atoms with Gasteiger partial charge in [0.2, 0.25) is 0 Å². The first-order valence-corrected chi connectivity index (χ1v) is 7.27. The summed E-state index contributed by atoms with van der Waals surface area (Å²) in [6.45, 7) is 4.37. The van der Waals surface area contributed by atoms with E-state index in [1.165, 1.54) is 0 Å². The largest absolute Gasteiger partial charge is 0.398 e. The van der Waals surface area contributed by atoms with Crippen molar-refractivity contribution in [3.8, 4) is 0 Å². The number of hydrogen-bond acceptors (Lipinski definition) is 3. The van der Waals surface area contributed by atoms with Crippen molar-refractivity contribution in [1.82, 2.24) is 5.32 Å². The van der Waals surface area contributed by atoms with Crippen molar-refractivity contribution in [3.63, 3.8) is 0 Å². The summed E-state index contributed by atoms with van der Waals surface area (Å²) in [6.07, 6.45) is 3.52. The van der Waals surface area contributed by atoms with Crippen LogP contribution in [0.2, 0.25) is 0 Å². The molecule has 0 spiro atoms. The molecular weight excluding hydrogens is 252 g/mol. The lowest BCUT2D eigenvalue weighted by Crippen LogP contribution is -2.45. The Kier molecular flexibility index (Phi) is 4.33. The number of anilines is 1. The molecule has 1 aromatic carbocycles. The summed E-state index contributed by atoms with van der Waals surface area (Å²) >= 11 is 0. The molecule has 0 saturated heterocycles. The molecule has 1 aliphatic carbocycles. The van der Waals surface area contributed by atoms with E-state index in [1.807, 2.05) is 19.1 Å². The third-order valence-electron chi connectivity index (χ3n) is 4.35. The minimum absolute atomic E-state index is 0.210. The van der Waals surface area contributed by atoms with E-state index in [2.05, 4.69) is 12.2 Å². The molecule has 0 atom stereocenters. The smallest absolute Gasteiger partial charge is 0.253 e. The van der Waals surface area contributed by atoms with Crippen molar-refractivity contribution in [2.24, 2.45) is 5.92 Å². The van der Waals surface area contributed by atoms with Crippen LogP contribution in [-0.4, -0.2) is 23.2 Å². The van der Waals surface area contributed by atoms with Gasteiger partial charge in [0.15, 0.2) is 0 Å². The number of nitrogens with two attached hydrogens (primary N) is 1. The van der Waals surface area contributed by atoms with Gasteiger partial charge < -0.3 is 16.2 Å². The monoisotopic (exact) mass is 276 g/mol. The highest BCUT2D eigenvalue weighted by atomic mass is 16.3. The molecule has 4 N–H and O–H groups in total. The molecule has 1 saturated carbocycles. The number of aryl methyl sites for hydroxylation is 1. The lowest BCUT2D eigenvalue weighted by Gasteiger charge is -2.35. The number of amides is 1. The number of carbonyl (C=O) groups excluding carboxylic acids is 1. The molecule has 0 unspecified atom stereocenters. The number of rotatable bonds is 3. The fourth-order valence-corrected chi connectivity index (χ4v) is 2.69. The minimum Gasteiger partial charge on any atom is -0.398 e. The van der Waals surface area contributed by atoms with Crippen LogP contribution < -0.4 is 11.1 Å². The lowest BCUT2D eigenvalue weighted by atomic mass is 9.79. The molecule has 2 rings (SSSR count). The molecule has 4 nitrogen and oxygen atoms in total. The summed E-state index contributed by atoms with van der Waals surface area (Å²) in [6, 6.07) is 5.41. The van der Waals surface area contributed by atoms with Gasteiger partial charge in [-0.25, -0.2) is 0 Å². The van der Waals surface area contributed by atoms with Gasteiger partial charge in [0.1, 0.15) is 0 Å². The second kappa shape index (κ2) is 5.83. The quantitative estimate of drug-likeness (QED) is 0.741. The van der Waals surface area contributed by atoms with Crippen molar-refractivity contribution in [1.29, 1.82) is 0 Å². The van der Waals surface area contributed by atoms with E-state index in [0.717, 1.165) is 31.2 Å². The fourth-order valence-electron chi connectivity index (χ4n) is 2.69. The summed E-state index contributed by atoms with van der Waals surface area (Å²) in [5, 5.41) is 13.3. The topological polar surface area (TPSA) is 75.3 Å². The summed E-state index contributed by atoms with van der Waals surface area (Å²) in [5.41, 5.74) is 7.04. The first-order chi connectivity index (χ1) is 9.41. The van der Waals surface area contributed by atoms with E-state index in [-0.39, 0.29) is 5.91 Å². The van der Waals surface area contributed by atoms with Gasteiger partial charge in [-0.1, -0.05) is 19.1 Å². The van der Waals surface area contributed by atoms with E-state index >= 15 is 0 Å². The molecule has 1 fully saturated rings. The van der Waals surface area contributed by atoms with Gasteiger partial charge in [-0.3, -0.25) is 4.79 Å². The number of benzene rings is 1. The molecule has 0 aliphatic heterocycles. The number of nitrogen functional groups attached to an aromatic ring is 1. The SMILES string of the molecule is Cc1cccc(C(=O)NCC2(O)CCC(C)CC2)c1N. The lowest BCUT2D eigenvalue weighted by molar-refractivity contribution is -0.00539. The van der Waals surface area contributed by atoms with Crippen LogP contribution in [0, 0.1) is 12.8 Å². The Morgan fingerprint density at radius 1 is 1.45 bits per heavy atom. The minimum atomic E-state index is -0.763. The third kappa shape index (κ3) is 3.31. The van der Waals surface area contributed by atoms with Crippen LogP contribution in [0.5, 0.6) is 0 Å². The fraction of sp³-hybridized carbons (Fsp3) is 0.562. The van der Waals surface area contributed by atoms with Crippen LogP contribution in [-0.2, 0) is 0 Å². The van der Waals surface area contributed by atoms with Gasteiger partial charge in [-0.15, -0.1) is 0 Å². The highest BCUT2D eigenvalue weighted by Crippen LogP contribution is 2.31.